The summed E-state index contributed by atoms with van der Waals surface area (Å²) in [6, 6.07) is 1.56. The minimum Gasteiger partial charge on any atom is -0.475 e. The summed E-state index contributed by atoms with van der Waals surface area (Å²) in [5, 5.41) is 21.0. The molecule has 3 heterocycles. The van der Waals surface area contributed by atoms with Crippen LogP contribution in [-0.2, 0) is 13.6 Å². The molecule has 0 fully saturated rings. The summed E-state index contributed by atoms with van der Waals surface area (Å²) >= 11 is 0. The normalized spacial score (nSPS) is 11.1. The Balaban J connectivity index is 2.02. The lowest BCUT2D eigenvalue weighted by molar-refractivity contribution is 0.0659. The second kappa shape index (κ2) is 4.54. The Labute approximate surface area is 117 Å². The van der Waals surface area contributed by atoms with Crippen molar-refractivity contribution in [2.45, 2.75) is 13.5 Å². The van der Waals surface area contributed by atoms with E-state index in [0.717, 1.165) is 4.68 Å². The highest BCUT2D eigenvalue weighted by Gasteiger charge is 2.16. The van der Waals surface area contributed by atoms with Crippen LogP contribution in [-0.4, -0.2) is 35.9 Å². The maximum absolute atomic E-state index is 12.2. The molecular weight excluding hydrogens is 278 g/mol. The van der Waals surface area contributed by atoms with Gasteiger partial charge in [0.05, 0.1) is 6.20 Å². The third kappa shape index (κ3) is 2.08. The quantitative estimate of drug-likeness (QED) is 0.730. The van der Waals surface area contributed by atoms with Gasteiger partial charge in [-0.3, -0.25) is 4.79 Å². The molecule has 1 N–H and O–H groups in total. The lowest BCUT2D eigenvalue weighted by Crippen LogP contribution is -2.24. The largest absolute Gasteiger partial charge is 0.475 e. The van der Waals surface area contributed by atoms with Crippen molar-refractivity contribution in [3.05, 3.63) is 39.7 Å². The van der Waals surface area contributed by atoms with Gasteiger partial charge in [0.2, 0.25) is 5.76 Å². The van der Waals surface area contributed by atoms with Gasteiger partial charge in [0.1, 0.15) is 17.7 Å². The molecule has 0 atom stereocenters. The van der Waals surface area contributed by atoms with Crippen LogP contribution in [0.5, 0.6) is 0 Å². The van der Waals surface area contributed by atoms with Crippen LogP contribution < -0.4 is 5.56 Å². The minimum atomic E-state index is -1.15. The van der Waals surface area contributed by atoms with Crippen molar-refractivity contribution in [3.8, 4) is 0 Å². The van der Waals surface area contributed by atoms with Crippen molar-refractivity contribution in [1.29, 1.82) is 0 Å². The number of aromatic carboxylic acids is 1. The molecule has 0 radical (unpaired) electrons. The van der Waals surface area contributed by atoms with E-state index in [1.165, 1.54) is 10.9 Å². The number of furan rings is 1. The first-order chi connectivity index (χ1) is 9.97. The van der Waals surface area contributed by atoms with Gasteiger partial charge < -0.3 is 9.52 Å². The van der Waals surface area contributed by atoms with Gasteiger partial charge in [0.25, 0.3) is 5.56 Å². The summed E-state index contributed by atoms with van der Waals surface area (Å²) in [5.41, 5.74) is 0.512. The summed E-state index contributed by atoms with van der Waals surface area (Å²) in [6.07, 6.45) is 1.42. The predicted octanol–water partition coefficient (Wildman–Crippen LogP) is 0.173. The minimum absolute atomic E-state index is 0.00475. The van der Waals surface area contributed by atoms with E-state index in [9.17, 15) is 9.59 Å². The van der Waals surface area contributed by atoms with Crippen LogP contribution in [0.4, 0.5) is 0 Å². The summed E-state index contributed by atoms with van der Waals surface area (Å²) in [4.78, 5) is 23.2. The number of rotatable bonds is 3. The van der Waals surface area contributed by atoms with Crippen LogP contribution in [0.3, 0.4) is 0 Å². The molecule has 9 heteroatoms. The Morgan fingerprint density at radius 2 is 2.24 bits per heavy atom. The molecule has 0 aliphatic rings. The van der Waals surface area contributed by atoms with Gasteiger partial charge in [-0.25, -0.2) is 14.2 Å². The first kappa shape index (κ1) is 13.0. The van der Waals surface area contributed by atoms with Crippen molar-refractivity contribution >= 4 is 17.0 Å². The molecule has 3 rings (SSSR count). The van der Waals surface area contributed by atoms with Crippen molar-refractivity contribution in [2.24, 2.45) is 7.05 Å². The zero-order chi connectivity index (χ0) is 15.1. The van der Waals surface area contributed by atoms with Crippen LogP contribution >= 0.6 is 0 Å². The van der Waals surface area contributed by atoms with E-state index in [1.807, 2.05) is 0 Å². The SMILES string of the molecule is Cc1cc(Cn2nnc3c(cnn3C)c2=O)oc1C(=O)O. The van der Waals surface area contributed by atoms with Crippen molar-refractivity contribution in [2.75, 3.05) is 0 Å². The van der Waals surface area contributed by atoms with Crippen LogP contribution in [0, 0.1) is 6.92 Å². The topological polar surface area (TPSA) is 116 Å². The number of aryl methyl sites for hydroxylation is 2. The van der Waals surface area contributed by atoms with Crippen LogP contribution in [0.1, 0.15) is 21.9 Å². The fourth-order valence-corrected chi connectivity index (χ4v) is 2.07. The van der Waals surface area contributed by atoms with Crippen LogP contribution in [0.15, 0.2) is 21.5 Å². The molecule has 3 aromatic rings. The molecule has 0 aliphatic carbocycles. The zero-order valence-corrected chi connectivity index (χ0v) is 11.3. The van der Waals surface area contributed by atoms with Crippen LogP contribution in [0.25, 0.3) is 11.0 Å². The summed E-state index contributed by atoms with van der Waals surface area (Å²) < 4.78 is 7.76. The Bertz CT molecular complexity index is 904. The van der Waals surface area contributed by atoms with Gasteiger partial charge >= 0.3 is 5.97 Å². The number of carbonyl (C=O) groups is 1. The van der Waals surface area contributed by atoms with Crippen LogP contribution in [0.2, 0.25) is 0 Å². The number of hydrogen-bond donors (Lipinski definition) is 1. The average Bonchev–Trinajstić information content (AvgIpc) is 2.97. The van der Waals surface area contributed by atoms with E-state index in [0.29, 0.717) is 22.4 Å². The van der Waals surface area contributed by atoms with Crippen molar-refractivity contribution in [1.82, 2.24) is 24.8 Å². The number of carboxylic acid groups (broad SMARTS) is 1. The average molecular weight is 289 g/mol. The molecule has 0 aliphatic heterocycles. The van der Waals surface area contributed by atoms with Gasteiger partial charge in [-0.05, 0) is 13.0 Å². The number of carboxylic acids is 1. The van der Waals surface area contributed by atoms with E-state index in [2.05, 4.69) is 15.4 Å². The molecule has 21 heavy (non-hydrogen) atoms. The van der Waals surface area contributed by atoms with Gasteiger partial charge in [-0.1, -0.05) is 5.21 Å². The lowest BCUT2D eigenvalue weighted by Gasteiger charge is -2.00. The predicted molar refractivity (Wildman–Crippen MR) is 70.1 cm³/mol. The lowest BCUT2D eigenvalue weighted by atomic mass is 10.2. The summed E-state index contributed by atoms with van der Waals surface area (Å²) in [6.45, 7) is 1.63. The highest BCUT2D eigenvalue weighted by Crippen LogP contribution is 2.15. The number of nitrogens with zero attached hydrogens (tertiary/aromatic N) is 5. The van der Waals surface area contributed by atoms with E-state index in [4.69, 9.17) is 9.52 Å². The molecule has 0 unspecified atom stereocenters. The molecule has 0 saturated heterocycles. The molecule has 9 nitrogen and oxygen atoms in total. The van der Waals surface area contributed by atoms with E-state index in [1.54, 1.807) is 20.0 Å². The van der Waals surface area contributed by atoms with Crippen molar-refractivity contribution in [3.63, 3.8) is 0 Å². The number of hydrogen-bond acceptors (Lipinski definition) is 6. The van der Waals surface area contributed by atoms with E-state index >= 15 is 0 Å². The standard InChI is InChI=1S/C12H11N5O4/c1-6-3-7(21-9(6)12(19)20)5-17-11(18)8-4-13-16(2)10(8)14-15-17/h3-4H,5H2,1-2H3,(H,19,20). The Kier molecular flexibility index (Phi) is 2.82. The summed E-state index contributed by atoms with van der Waals surface area (Å²) in [7, 11) is 1.66. The first-order valence-electron chi connectivity index (χ1n) is 6.05. The highest BCUT2D eigenvalue weighted by molar-refractivity contribution is 5.86. The molecule has 108 valence electrons. The molecule has 3 aromatic heterocycles. The maximum atomic E-state index is 12.2. The fourth-order valence-electron chi connectivity index (χ4n) is 2.07. The zero-order valence-electron chi connectivity index (χ0n) is 11.3. The maximum Gasteiger partial charge on any atom is 0.372 e. The van der Waals surface area contributed by atoms with E-state index in [-0.39, 0.29) is 17.9 Å². The Hall–Kier alpha value is -2.97. The van der Waals surface area contributed by atoms with Gasteiger partial charge in [-0.2, -0.15) is 5.10 Å². The number of fused-ring (bicyclic) bond motifs is 1. The molecule has 0 spiro atoms. The second-order valence-corrected chi connectivity index (χ2v) is 4.59. The van der Waals surface area contributed by atoms with Gasteiger partial charge in [0.15, 0.2) is 5.65 Å². The molecule has 0 amide bonds. The fraction of sp³-hybridized carbons (Fsp3) is 0.250. The Morgan fingerprint density at radius 3 is 2.90 bits per heavy atom. The summed E-state index contributed by atoms with van der Waals surface area (Å²) in [5.74, 6) is -0.974. The number of aromatic nitrogens is 5. The second-order valence-electron chi connectivity index (χ2n) is 4.59. The van der Waals surface area contributed by atoms with Crippen molar-refractivity contribution < 1.29 is 14.3 Å². The van der Waals surface area contributed by atoms with Gasteiger partial charge in [-0.15, -0.1) is 5.10 Å². The van der Waals surface area contributed by atoms with Gasteiger partial charge in [0, 0.05) is 12.6 Å². The third-order valence-corrected chi connectivity index (χ3v) is 3.09. The molecule has 0 bridgehead atoms. The highest BCUT2D eigenvalue weighted by atomic mass is 16.4. The molecule has 0 saturated carbocycles. The first-order valence-corrected chi connectivity index (χ1v) is 6.05. The Morgan fingerprint density at radius 1 is 1.48 bits per heavy atom. The molecular formula is C12H11N5O4. The monoisotopic (exact) mass is 289 g/mol. The smallest absolute Gasteiger partial charge is 0.372 e. The third-order valence-electron chi connectivity index (χ3n) is 3.09. The molecule has 0 aromatic carbocycles. The van der Waals surface area contributed by atoms with E-state index < -0.39 is 5.97 Å².